The van der Waals surface area contributed by atoms with E-state index in [0.29, 0.717) is 0 Å². The number of benzene rings is 2. The minimum absolute atomic E-state index is 0.961. The molecule has 0 saturated heterocycles. The summed E-state index contributed by atoms with van der Waals surface area (Å²) in [5, 5.41) is 3.18. The van der Waals surface area contributed by atoms with Gasteiger partial charge in [0.1, 0.15) is 0 Å². The van der Waals surface area contributed by atoms with Gasteiger partial charge in [0.2, 0.25) is 0 Å². The van der Waals surface area contributed by atoms with Gasteiger partial charge in [-0.05, 0) is 50.2 Å². The van der Waals surface area contributed by atoms with E-state index in [1.165, 1.54) is 5.56 Å². The van der Waals surface area contributed by atoms with Gasteiger partial charge >= 0.3 is 0 Å². The first-order valence-corrected chi connectivity index (χ1v) is 6.67. The van der Waals surface area contributed by atoms with Crippen molar-refractivity contribution in [3.63, 3.8) is 0 Å². The Labute approximate surface area is 112 Å². The Balaban J connectivity index is 2.09. The molecule has 0 fully saturated rings. The van der Waals surface area contributed by atoms with Gasteiger partial charge in [-0.3, -0.25) is 0 Å². The monoisotopic (exact) mass is 251 g/mol. The van der Waals surface area contributed by atoms with Crippen molar-refractivity contribution in [3.05, 3.63) is 48.0 Å². The number of hydrogen-bond donors (Lipinski definition) is 1. The van der Waals surface area contributed by atoms with Crippen LogP contribution >= 0.6 is 0 Å². The fourth-order valence-electron chi connectivity index (χ4n) is 2.36. The molecule has 3 heteroatoms. The zero-order valence-electron chi connectivity index (χ0n) is 11.1. The highest BCUT2D eigenvalue weighted by atomic mass is 14.8. The highest BCUT2D eigenvalue weighted by molar-refractivity contribution is 5.87. The van der Waals surface area contributed by atoms with E-state index < -0.39 is 0 Å². The second kappa shape index (κ2) is 5.33. The zero-order valence-corrected chi connectivity index (χ0v) is 11.1. The van der Waals surface area contributed by atoms with E-state index in [9.17, 15) is 0 Å². The Bertz CT molecular complexity index is 707. The van der Waals surface area contributed by atoms with Crippen molar-refractivity contribution in [3.8, 4) is 0 Å². The molecule has 0 bridgehead atoms. The molecule has 0 saturated carbocycles. The van der Waals surface area contributed by atoms with Crippen LogP contribution in [0.4, 0.5) is 0 Å². The first-order chi connectivity index (χ1) is 9.38. The smallest absolute Gasteiger partial charge is 0.0926 e. The lowest BCUT2D eigenvalue weighted by Gasteiger charge is -2.06. The predicted molar refractivity (Wildman–Crippen MR) is 79.3 cm³/mol. The second-order valence-electron chi connectivity index (χ2n) is 4.70. The molecular weight excluding hydrogens is 234 g/mol. The summed E-state index contributed by atoms with van der Waals surface area (Å²) in [5.74, 6) is 0. The van der Waals surface area contributed by atoms with Crippen LogP contribution in [-0.2, 0) is 6.42 Å². The number of fused-ring (bicyclic) bond motifs is 2. The SMILES string of the molecule is CNCCCc1cccc2nc3ccccc3nc12. The maximum absolute atomic E-state index is 4.77. The largest absolute Gasteiger partial charge is 0.320 e. The average Bonchev–Trinajstić information content (AvgIpc) is 2.46. The second-order valence-corrected chi connectivity index (χ2v) is 4.70. The summed E-state index contributed by atoms with van der Waals surface area (Å²) in [6.45, 7) is 1.03. The van der Waals surface area contributed by atoms with Crippen molar-refractivity contribution in [1.29, 1.82) is 0 Å². The molecule has 3 nitrogen and oxygen atoms in total. The Hall–Kier alpha value is -2.00. The van der Waals surface area contributed by atoms with Gasteiger partial charge < -0.3 is 5.32 Å². The summed E-state index contributed by atoms with van der Waals surface area (Å²) < 4.78 is 0. The predicted octanol–water partition coefficient (Wildman–Crippen LogP) is 2.94. The molecule has 0 amide bonds. The Morgan fingerprint density at radius 1 is 0.895 bits per heavy atom. The van der Waals surface area contributed by atoms with E-state index in [1.807, 2.05) is 37.4 Å². The number of nitrogens with zero attached hydrogens (tertiary/aromatic N) is 2. The topological polar surface area (TPSA) is 37.8 Å². The van der Waals surface area contributed by atoms with Crippen LogP contribution in [0.2, 0.25) is 0 Å². The Morgan fingerprint density at radius 2 is 1.63 bits per heavy atom. The third-order valence-electron chi connectivity index (χ3n) is 3.33. The summed E-state index contributed by atoms with van der Waals surface area (Å²) in [6.07, 6.45) is 2.15. The zero-order chi connectivity index (χ0) is 13.1. The van der Waals surface area contributed by atoms with Gasteiger partial charge in [0.25, 0.3) is 0 Å². The summed E-state index contributed by atoms with van der Waals surface area (Å²) >= 11 is 0. The van der Waals surface area contributed by atoms with Crippen LogP contribution in [0.3, 0.4) is 0 Å². The number of rotatable bonds is 4. The lowest BCUT2D eigenvalue weighted by atomic mass is 10.1. The van der Waals surface area contributed by atoms with Crippen LogP contribution in [0.1, 0.15) is 12.0 Å². The third kappa shape index (κ3) is 2.42. The fraction of sp³-hybridized carbons (Fsp3) is 0.250. The van der Waals surface area contributed by atoms with Crippen LogP contribution in [0, 0.1) is 0 Å². The third-order valence-corrected chi connectivity index (χ3v) is 3.33. The number of aryl methyl sites for hydroxylation is 1. The molecule has 0 spiro atoms. The van der Waals surface area contributed by atoms with E-state index in [2.05, 4.69) is 22.4 Å². The molecule has 0 unspecified atom stereocenters. The van der Waals surface area contributed by atoms with Crippen molar-refractivity contribution in [2.24, 2.45) is 0 Å². The van der Waals surface area contributed by atoms with Gasteiger partial charge in [0.05, 0.1) is 22.1 Å². The fourth-order valence-corrected chi connectivity index (χ4v) is 2.36. The molecule has 0 radical (unpaired) electrons. The molecule has 1 aromatic heterocycles. The summed E-state index contributed by atoms with van der Waals surface area (Å²) in [7, 11) is 1.98. The van der Waals surface area contributed by atoms with Crippen molar-refractivity contribution < 1.29 is 0 Å². The molecule has 0 aliphatic rings. The Kier molecular flexibility index (Phi) is 3.38. The first kappa shape index (κ1) is 12.1. The normalized spacial score (nSPS) is 11.2. The summed E-state index contributed by atoms with van der Waals surface area (Å²) in [4.78, 5) is 9.46. The van der Waals surface area contributed by atoms with Crippen molar-refractivity contribution in [2.45, 2.75) is 12.8 Å². The highest BCUT2D eigenvalue weighted by Crippen LogP contribution is 2.20. The van der Waals surface area contributed by atoms with Crippen LogP contribution in [0.25, 0.3) is 22.1 Å². The molecule has 3 rings (SSSR count). The molecule has 2 aromatic carbocycles. The highest BCUT2D eigenvalue weighted by Gasteiger charge is 2.05. The van der Waals surface area contributed by atoms with E-state index in [4.69, 9.17) is 4.98 Å². The Morgan fingerprint density at radius 3 is 2.42 bits per heavy atom. The summed E-state index contributed by atoms with van der Waals surface area (Å²) in [6, 6.07) is 14.3. The standard InChI is InChI=1S/C16H17N3/c1-17-11-5-7-12-6-4-10-15-16(12)19-14-9-3-2-8-13(14)18-15/h2-4,6,8-10,17H,5,7,11H2,1H3. The quantitative estimate of drug-likeness (QED) is 0.572. The van der Waals surface area contributed by atoms with Gasteiger partial charge in [0.15, 0.2) is 0 Å². The van der Waals surface area contributed by atoms with Gasteiger partial charge in [-0.15, -0.1) is 0 Å². The molecular formula is C16H17N3. The van der Waals surface area contributed by atoms with E-state index >= 15 is 0 Å². The van der Waals surface area contributed by atoms with Crippen LogP contribution < -0.4 is 5.32 Å². The summed E-state index contributed by atoms with van der Waals surface area (Å²) in [5.41, 5.74) is 5.24. The van der Waals surface area contributed by atoms with E-state index in [0.717, 1.165) is 41.5 Å². The number of aromatic nitrogens is 2. The van der Waals surface area contributed by atoms with Crippen LogP contribution in [-0.4, -0.2) is 23.6 Å². The van der Waals surface area contributed by atoms with E-state index in [1.54, 1.807) is 0 Å². The van der Waals surface area contributed by atoms with E-state index in [-0.39, 0.29) is 0 Å². The molecule has 96 valence electrons. The maximum atomic E-state index is 4.77. The molecule has 1 N–H and O–H groups in total. The van der Waals surface area contributed by atoms with Crippen molar-refractivity contribution >= 4 is 22.1 Å². The number of nitrogens with one attached hydrogen (secondary N) is 1. The molecule has 0 atom stereocenters. The van der Waals surface area contributed by atoms with Crippen LogP contribution in [0.15, 0.2) is 42.5 Å². The molecule has 0 aliphatic carbocycles. The molecule has 3 aromatic rings. The lowest BCUT2D eigenvalue weighted by molar-refractivity contribution is 0.726. The number of para-hydroxylation sites is 3. The van der Waals surface area contributed by atoms with Crippen molar-refractivity contribution in [1.82, 2.24) is 15.3 Å². The molecule has 0 aliphatic heterocycles. The van der Waals surface area contributed by atoms with Crippen LogP contribution in [0.5, 0.6) is 0 Å². The van der Waals surface area contributed by atoms with Gasteiger partial charge in [-0.1, -0.05) is 24.3 Å². The molecule has 19 heavy (non-hydrogen) atoms. The molecule has 1 heterocycles. The minimum Gasteiger partial charge on any atom is -0.320 e. The van der Waals surface area contributed by atoms with Gasteiger partial charge in [0, 0.05) is 0 Å². The maximum Gasteiger partial charge on any atom is 0.0926 e. The minimum atomic E-state index is 0.961. The van der Waals surface area contributed by atoms with Gasteiger partial charge in [-0.2, -0.15) is 0 Å². The first-order valence-electron chi connectivity index (χ1n) is 6.67. The van der Waals surface area contributed by atoms with Crippen molar-refractivity contribution in [2.75, 3.05) is 13.6 Å². The lowest BCUT2D eigenvalue weighted by Crippen LogP contribution is -2.08. The number of hydrogen-bond acceptors (Lipinski definition) is 3. The van der Waals surface area contributed by atoms with Gasteiger partial charge in [-0.25, -0.2) is 9.97 Å². The average molecular weight is 251 g/mol.